The second-order valence-electron chi connectivity index (χ2n) is 3.22. The zero-order valence-electron chi connectivity index (χ0n) is 6.97. The average Bonchev–Trinajstić information content (AvgIpc) is 1.91. The van der Waals surface area contributed by atoms with E-state index in [0.717, 1.165) is 13.0 Å². The van der Waals surface area contributed by atoms with E-state index in [-0.39, 0.29) is 0 Å². The van der Waals surface area contributed by atoms with Crippen LogP contribution in [0.15, 0.2) is 0 Å². The Labute approximate surface area is 80.4 Å². The van der Waals surface area contributed by atoms with Crippen LogP contribution in [0.5, 0.6) is 0 Å². The number of alkyl halides is 3. The van der Waals surface area contributed by atoms with Gasteiger partial charge >= 0.3 is 6.36 Å². The molecule has 1 aliphatic carbocycles. The fourth-order valence-electron chi connectivity index (χ4n) is 1.46. The van der Waals surface area contributed by atoms with Crippen LogP contribution in [-0.2, 0) is 4.74 Å². The second-order valence-corrected chi connectivity index (χ2v) is 3.54. The maximum Gasteiger partial charge on any atom is 0.522 e. The number of ether oxygens (including phenoxy) is 1. The topological polar surface area (TPSA) is 21.3 Å². The Morgan fingerprint density at radius 1 is 1.38 bits per heavy atom. The van der Waals surface area contributed by atoms with Crippen molar-refractivity contribution in [2.75, 3.05) is 6.54 Å². The van der Waals surface area contributed by atoms with Crippen LogP contribution in [0.2, 0.25) is 0 Å². The van der Waals surface area contributed by atoms with Crippen molar-refractivity contribution in [3.63, 3.8) is 0 Å². The molecule has 0 amide bonds. The van der Waals surface area contributed by atoms with Gasteiger partial charge in [0.25, 0.3) is 0 Å². The lowest BCUT2D eigenvalue weighted by molar-refractivity contribution is -0.354. The van der Waals surface area contributed by atoms with Crippen LogP contribution in [0.4, 0.5) is 13.2 Å². The molecule has 0 atom stereocenters. The predicted octanol–water partition coefficient (Wildman–Crippen LogP) is 2.13. The molecule has 1 aliphatic rings. The van der Waals surface area contributed by atoms with Gasteiger partial charge in [-0.1, -0.05) is 12.8 Å². The molecule has 0 aromatic carbocycles. The van der Waals surface area contributed by atoms with E-state index in [0.29, 0.717) is 18.8 Å². The van der Waals surface area contributed by atoms with Gasteiger partial charge in [-0.3, -0.25) is 9.46 Å². The lowest BCUT2D eigenvalue weighted by Gasteiger charge is -2.35. The number of hydrogen-bond donors (Lipinski definition) is 2. The van der Waals surface area contributed by atoms with Crippen molar-refractivity contribution in [2.24, 2.45) is 5.92 Å². The van der Waals surface area contributed by atoms with Gasteiger partial charge in [-0.25, -0.2) is 0 Å². The molecule has 0 aromatic rings. The molecule has 1 saturated carbocycles. The Morgan fingerprint density at radius 3 is 2.46 bits per heavy atom. The van der Waals surface area contributed by atoms with Crippen LogP contribution in [0.25, 0.3) is 0 Å². The Kier molecular flexibility index (Phi) is 3.87. The van der Waals surface area contributed by atoms with Gasteiger partial charge in [0, 0.05) is 6.54 Å². The van der Waals surface area contributed by atoms with Gasteiger partial charge in [0.1, 0.15) is 0 Å². The van der Waals surface area contributed by atoms with Crippen LogP contribution >= 0.6 is 12.8 Å². The predicted molar refractivity (Wildman–Crippen MR) is 45.3 cm³/mol. The van der Waals surface area contributed by atoms with Gasteiger partial charge in [-0.2, -0.15) is 0 Å². The summed E-state index contributed by atoms with van der Waals surface area (Å²) in [5.74, 6) is 0.354. The van der Waals surface area contributed by atoms with Crippen molar-refractivity contribution in [3.05, 3.63) is 0 Å². The Bertz CT molecular complexity index is 158. The lowest BCUT2D eigenvalue weighted by atomic mass is 9.80. The molecule has 1 rings (SSSR count). The maximum atomic E-state index is 11.7. The average molecular weight is 215 g/mol. The first-order chi connectivity index (χ1) is 6.01. The summed E-state index contributed by atoms with van der Waals surface area (Å²) in [6, 6.07) is 0. The van der Waals surface area contributed by atoms with Crippen molar-refractivity contribution < 1.29 is 17.9 Å². The van der Waals surface area contributed by atoms with Crippen molar-refractivity contribution >= 4 is 12.8 Å². The van der Waals surface area contributed by atoms with Gasteiger partial charge < -0.3 is 0 Å². The zero-order chi connectivity index (χ0) is 9.90. The number of rotatable bonds is 4. The third kappa shape index (κ3) is 4.19. The third-order valence-electron chi connectivity index (χ3n) is 2.16. The van der Waals surface area contributed by atoms with E-state index in [4.69, 9.17) is 0 Å². The molecule has 13 heavy (non-hydrogen) atoms. The van der Waals surface area contributed by atoms with E-state index in [1.54, 1.807) is 0 Å². The fourth-order valence-corrected chi connectivity index (χ4v) is 1.59. The Balaban J connectivity index is 2.05. The summed E-state index contributed by atoms with van der Waals surface area (Å²) >= 11 is 3.79. The SMILES string of the molecule is FC(F)(F)OC1CC(CCNS)C1. The maximum absolute atomic E-state index is 11.7. The highest BCUT2D eigenvalue weighted by atomic mass is 32.1. The van der Waals surface area contributed by atoms with Crippen molar-refractivity contribution in [3.8, 4) is 0 Å². The summed E-state index contributed by atoms with van der Waals surface area (Å²) in [6.45, 7) is 0.729. The first kappa shape index (κ1) is 11.1. The van der Waals surface area contributed by atoms with Crippen LogP contribution in [0, 0.1) is 5.92 Å². The van der Waals surface area contributed by atoms with Gasteiger partial charge in [0.15, 0.2) is 0 Å². The molecule has 0 aliphatic heterocycles. The molecule has 78 valence electrons. The molecule has 0 unspecified atom stereocenters. The quantitative estimate of drug-likeness (QED) is 0.701. The summed E-state index contributed by atoms with van der Waals surface area (Å²) < 4.78 is 41.5. The van der Waals surface area contributed by atoms with Crippen molar-refractivity contribution in [2.45, 2.75) is 31.7 Å². The first-order valence-electron chi connectivity index (χ1n) is 4.13. The van der Waals surface area contributed by atoms with E-state index in [1.807, 2.05) is 0 Å². The molecule has 1 N–H and O–H groups in total. The summed E-state index contributed by atoms with van der Waals surface area (Å²) in [7, 11) is 0. The second kappa shape index (κ2) is 4.52. The van der Waals surface area contributed by atoms with Crippen LogP contribution in [-0.4, -0.2) is 19.0 Å². The number of halogens is 3. The summed E-state index contributed by atoms with van der Waals surface area (Å²) in [4.78, 5) is 0. The van der Waals surface area contributed by atoms with Gasteiger partial charge in [-0.15, -0.1) is 13.2 Å². The fraction of sp³-hybridized carbons (Fsp3) is 1.00. The summed E-state index contributed by atoms with van der Waals surface area (Å²) in [5, 5.41) is 0. The van der Waals surface area contributed by atoms with Crippen molar-refractivity contribution in [1.82, 2.24) is 4.72 Å². The molecule has 0 aromatic heterocycles. The van der Waals surface area contributed by atoms with E-state index >= 15 is 0 Å². The summed E-state index contributed by atoms with van der Waals surface area (Å²) in [6.07, 6.45) is -3.22. The van der Waals surface area contributed by atoms with Crippen LogP contribution in [0.1, 0.15) is 19.3 Å². The number of hydrogen-bond acceptors (Lipinski definition) is 3. The molecule has 0 spiro atoms. The van der Waals surface area contributed by atoms with Gasteiger partial charge in [0.2, 0.25) is 0 Å². The molecule has 0 bridgehead atoms. The monoisotopic (exact) mass is 215 g/mol. The first-order valence-corrected chi connectivity index (χ1v) is 4.57. The Morgan fingerprint density at radius 2 is 2.00 bits per heavy atom. The van der Waals surface area contributed by atoms with Crippen molar-refractivity contribution in [1.29, 1.82) is 0 Å². The Hall–Kier alpha value is 0.0600. The largest absolute Gasteiger partial charge is 0.522 e. The van der Waals surface area contributed by atoms with Gasteiger partial charge in [0.05, 0.1) is 6.10 Å². The highest BCUT2D eigenvalue weighted by Crippen LogP contribution is 2.36. The van der Waals surface area contributed by atoms with E-state index < -0.39 is 12.5 Å². The molecule has 0 heterocycles. The highest BCUT2D eigenvalue weighted by molar-refractivity contribution is 7.78. The molecule has 1 fully saturated rings. The molecular formula is C7H12F3NOS. The normalized spacial score (nSPS) is 28.6. The third-order valence-corrected chi connectivity index (χ3v) is 2.38. The molecular weight excluding hydrogens is 203 g/mol. The molecule has 6 heteroatoms. The smallest absolute Gasteiger partial charge is 0.289 e. The van der Waals surface area contributed by atoms with Crippen LogP contribution < -0.4 is 4.72 Å². The zero-order valence-corrected chi connectivity index (χ0v) is 7.87. The minimum absolute atomic E-state index is 0.354. The molecule has 2 nitrogen and oxygen atoms in total. The van der Waals surface area contributed by atoms with E-state index in [1.165, 1.54) is 0 Å². The minimum atomic E-state index is -4.47. The molecule has 0 radical (unpaired) electrons. The number of nitrogens with one attached hydrogen (secondary N) is 1. The standard InChI is InChI=1S/C7H12F3NOS/c8-7(9,10)12-6-3-5(4-6)1-2-11-13/h5-6,11,13H,1-4H2. The summed E-state index contributed by atoms with van der Waals surface area (Å²) in [5.41, 5.74) is 0. The van der Waals surface area contributed by atoms with Crippen LogP contribution in [0.3, 0.4) is 0 Å². The van der Waals surface area contributed by atoms with E-state index in [9.17, 15) is 13.2 Å². The van der Waals surface area contributed by atoms with E-state index in [2.05, 4.69) is 22.3 Å². The lowest BCUT2D eigenvalue weighted by Crippen LogP contribution is -2.36. The number of thiol groups is 1. The van der Waals surface area contributed by atoms with Gasteiger partial charge in [-0.05, 0) is 25.2 Å². The molecule has 0 saturated heterocycles. The minimum Gasteiger partial charge on any atom is -0.289 e. The highest BCUT2D eigenvalue weighted by Gasteiger charge is 2.39.